The van der Waals surface area contributed by atoms with Gasteiger partial charge in [-0.25, -0.2) is 8.42 Å². The van der Waals surface area contributed by atoms with Gasteiger partial charge in [-0.1, -0.05) is 0 Å². The summed E-state index contributed by atoms with van der Waals surface area (Å²) in [5.41, 5.74) is 3.46. The molecule has 0 fully saturated rings. The second-order valence-electron chi connectivity index (χ2n) is 2.46. The van der Waals surface area contributed by atoms with E-state index in [-0.39, 0.29) is 4.90 Å². The second kappa shape index (κ2) is 2.11. The zero-order chi connectivity index (χ0) is 8.77. The van der Waals surface area contributed by atoms with E-state index in [0.717, 1.165) is 0 Å². The highest BCUT2D eigenvalue weighted by Crippen LogP contribution is 2.32. The first-order valence-corrected chi connectivity index (χ1v) is 4.75. The van der Waals surface area contributed by atoms with Gasteiger partial charge in [0, 0.05) is 0 Å². The third kappa shape index (κ3) is 0.853. The van der Waals surface area contributed by atoms with Crippen LogP contribution in [0.25, 0.3) is 0 Å². The first-order chi connectivity index (χ1) is 5.63. The first-order valence-electron chi connectivity index (χ1n) is 3.27. The summed E-state index contributed by atoms with van der Waals surface area (Å²) in [6, 6.07) is 4.64. The van der Waals surface area contributed by atoms with Gasteiger partial charge in [0.15, 0.2) is 0 Å². The van der Waals surface area contributed by atoms with Gasteiger partial charge in [0.05, 0.1) is 16.3 Å². The molecular formula is C6H7N3O2S. The lowest BCUT2D eigenvalue weighted by molar-refractivity contribution is 0.603. The first kappa shape index (κ1) is 7.38. The SMILES string of the molecule is NNc1ccc2cc1NS2(=O)=O. The number of nitrogens with two attached hydrogens (primary N) is 1. The van der Waals surface area contributed by atoms with E-state index >= 15 is 0 Å². The number of nitrogens with one attached hydrogen (secondary N) is 2. The van der Waals surface area contributed by atoms with Crippen LogP contribution in [0.1, 0.15) is 0 Å². The highest BCUT2D eigenvalue weighted by atomic mass is 32.2. The summed E-state index contributed by atoms with van der Waals surface area (Å²) in [6.45, 7) is 0. The number of hydrazine groups is 1. The number of rotatable bonds is 1. The lowest BCUT2D eigenvalue weighted by Crippen LogP contribution is -2.09. The highest BCUT2D eigenvalue weighted by molar-refractivity contribution is 7.93. The number of hydrogen-bond acceptors (Lipinski definition) is 4. The van der Waals surface area contributed by atoms with Crippen molar-refractivity contribution in [2.75, 3.05) is 10.1 Å². The molecule has 0 radical (unpaired) electrons. The van der Waals surface area contributed by atoms with Crippen LogP contribution in [0.3, 0.4) is 0 Å². The summed E-state index contributed by atoms with van der Waals surface area (Å²) in [6.07, 6.45) is 0. The maximum absolute atomic E-state index is 11.2. The maximum atomic E-state index is 11.2. The van der Waals surface area contributed by atoms with Crippen molar-refractivity contribution in [3.05, 3.63) is 18.2 Å². The topological polar surface area (TPSA) is 84.2 Å². The molecule has 0 atom stereocenters. The predicted molar refractivity (Wildman–Crippen MR) is 45.1 cm³/mol. The third-order valence-corrected chi connectivity index (χ3v) is 3.06. The van der Waals surface area contributed by atoms with Crippen molar-refractivity contribution in [1.82, 2.24) is 0 Å². The molecule has 1 aliphatic heterocycles. The van der Waals surface area contributed by atoms with E-state index in [9.17, 15) is 8.42 Å². The van der Waals surface area contributed by atoms with Crippen molar-refractivity contribution in [2.24, 2.45) is 5.84 Å². The Bertz CT molecular complexity index is 426. The largest absolute Gasteiger partial charge is 0.322 e. The standard InChI is InChI=1S/C6H7N3O2S/c7-8-5-2-1-4-3-6(5)9-12(4,10)11/h1-3,8-9H,7H2. The molecular weight excluding hydrogens is 178 g/mol. The number of fused-ring (bicyclic) bond motifs is 2. The molecule has 0 saturated heterocycles. The molecule has 0 unspecified atom stereocenters. The Morgan fingerprint density at radius 2 is 2.17 bits per heavy atom. The van der Waals surface area contributed by atoms with Gasteiger partial charge in [-0.3, -0.25) is 10.6 Å². The smallest absolute Gasteiger partial charge is 0.262 e. The van der Waals surface area contributed by atoms with Crippen LogP contribution in [0.4, 0.5) is 11.4 Å². The summed E-state index contributed by atoms with van der Waals surface area (Å²) in [5.74, 6) is 5.15. The van der Waals surface area contributed by atoms with Crippen LogP contribution in [-0.4, -0.2) is 8.42 Å². The van der Waals surface area contributed by atoms with Gasteiger partial charge in [-0.2, -0.15) is 0 Å². The lowest BCUT2D eigenvalue weighted by atomic mass is 10.3. The van der Waals surface area contributed by atoms with Crippen LogP contribution in [0.15, 0.2) is 23.1 Å². The molecule has 0 aliphatic carbocycles. The normalized spacial score (nSPS) is 17.1. The Morgan fingerprint density at radius 1 is 1.42 bits per heavy atom. The van der Waals surface area contributed by atoms with Crippen molar-refractivity contribution in [2.45, 2.75) is 4.90 Å². The summed E-state index contributed by atoms with van der Waals surface area (Å²) in [4.78, 5) is 0.275. The second-order valence-corrected chi connectivity index (χ2v) is 4.14. The molecule has 0 amide bonds. The van der Waals surface area contributed by atoms with Crippen molar-refractivity contribution in [3.63, 3.8) is 0 Å². The molecule has 6 heteroatoms. The van der Waals surface area contributed by atoms with E-state index in [1.165, 1.54) is 12.1 Å². The molecule has 1 heterocycles. The number of benzene rings is 1. The average Bonchev–Trinajstić information content (AvgIpc) is 2.24. The van der Waals surface area contributed by atoms with Gasteiger partial charge in [0.1, 0.15) is 0 Å². The van der Waals surface area contributed by atoms with Crippen molar-refractivity contribution in [3.8, 4) is 0 Å². The molecule has 0 aromatic heterocycles. The Kier molecular flexibility index (Phi) is 1.30. The molecule has 4 N–H and O–H groups in total. The number of anilines is 2. The van der Waals surface area contributed by atoms with Gasteiger partial charge in [-0.05, 0) is 18.2 Å². The van der Waals surface area contributed by atoms with Crippen LogP contribution >= 0.6 is 0 Å². The fraction of sp³-hybridized carbons (Fsp3) is 0. The minimum atomic E-state index is -3.30. The maximum Gasteiger partial charge on any atom is 0.262 e. The molecule has 0 spiro atoms. The third-order valence-electron chi connectivity index (χ3n) is 1.70. The van der Waals surface area contributed by atoms with Gasteiger partial charge >= 0.3 is 0 Å². The van der Waals surface area contributed by atoms with Crippen LogP contribution in [-0.2, 0) is 10.0 Å². The van der Waals surface area contributed by atoms with E-state index in [0.29, 0.717) is 11.4 Å². The van der Waals surface area contributed by atoms with Gasteiger partial charge in [0.25, 0.3) is 10.0 Å². The summed E-state index contributed by atoms with van der Waals surface area (Å²) in [7, 11) is -3.30. The molecule has 2 bridgehead atoms. The lowest BCUT2D eigenvalue weighted by Gasteiger charge is -2.00. The minimum Gasteiger partial charge on any atom is -0.322 e. The van der Waals surface area contributed by atoms with E-state index < -0.39 is 10.0 Å². The molecule has 1 aliphatic rings. The highest BCUT2D eigenvalue weighted by Gasteiger charge is 2.23. The van der Waals surface area contributed by atoms with Gasteiger partial charge < -0.3 is 5.43 Å². The van der Waals surface area contributed by atoms with Crippen molar-refractivity contribution < 1.29 is 8.42 Å². The fourth-order valence-corrected chi connectivity index (χ4v) is 2.20. The summed E-state index contributed by atoms with van der Waals surface area (Å²) >= 11 is 0. The Hall–Kier alpha value is -1.27. The molecule has 2 rings (SSSR count). The monoisotopic (exact) mass is 185 g/mol. The van der Waals surface area contributed by atoms with Gasteiger partial charge in [-0.15, -0.1) is 0 Å². The molecule has 1 aromatic carbocycles. The summed E-state index contributed by atoms with van der Waals surface area (Å²) in [5, 5.41) is 0. The number of sulfonamides is 1. The van der Waals surface area contributed by atoms with Crippen LogP contribution < -0.4 is 16.0 Å². The van der Waals surface area contributed by atoms with Crippen LogP contribution in [0, 0.1) is 0 Å². The van der Waals surface area contributed by atoms with E-state index in [1.807, 2.05) is 0 Å². The van der Waals surface area contributed by atoms with E-state index in [1.54, 1.807) is 6.07 Å². The Morgan fingerprint density at radius 3 is 2.83 bits per heavy atom. The molecule has 5 nitrogen and oxygen atoms in total. The predicted octanol–water partition coefficient (Wildman–Crippen LogP) is 0.0864. The molecule has 1 aromatic rings. The summed E-state index contributed by atoms with van der Waals surface area (Å²) < 4.78 is 24.7. The number of hydrogen-bond donors (Lipinski definition) is 3. The quantitative estimate of drug-likeness (QED) is 0.427. The molecule has 12 heavy (non-hydrogen) atoms. The zero-order valence-electron chi connectivity index (χ0n) is 6.03. The Labute approximate surface area is 69.6 Å². The van der Waals surface area contributed by atoms with Gasteiger partial charge in [0.2, 0.25) is 0 Å². The molecule has 0 saturated carbocycles. The zero-order valence-corrected chi connectivity index (χ0v) is 6.85. The average molecular weight is 185 g/mol. The Balaban J connectivity index is 2.64. The molecule has 64 valence electrons. The van der Waals surface area contributed by atoms with E-state index in [2.05, 4.69) is 10.1 Å². The van der Waals surface area contributed by atoms with Crippen molar-refractivity contribution in [1.29, 1.82) is 0 Å². The number of nitrogen functional groups attached to an aromatic ring is 1. The fourth-order valence-electron chi connectivity index (χ4n) is 1.10. The van der Waals surface area contributed by atoms with Crippen molar-refractivity contribution >= 4 is 21.4 Å². The van der Waals surface area contributed by atoms with Crippen LogP contribution in [0.2, 0.25) is 0 Å². The minimum absolute atomic E-state index is 0.275. The van der Waals surface area contributed by atoms with E-state index in [4.69, 9.17) is 5.84 Å². The van der Waals surface area contributed by atoms with Crippen LogP contribution in [0.5, 0.6) is 0 Å².